The Morgan fingerprint density at radius 3 is 2.78 bits per heavy atom. The molecule has 0 bridgehead atoms. The monoisotopic (exact) mass is 333 g/mol. The third kappa shape index (κ3) is 4.31. The van der Waals surface area contributed by atoms with Crippen molar-refractivity contribution >= 4 is 11.6 Å². The van der Waals surface area contributed by atoms with Gasteiger partial charge in [-0.3, -0.25) is 0 Å². The average Bonchev–Trinajstić information content (AvgIpc) is 3.06. The molecule has 23 heavy (non-hydrogen) atoms. The van der Waals surface area contributed by atoms with E-state index in [-0.39, 0.29) is 0 Å². The summed E-state index contributed by atoms with van der Waals surface area (Å²) in [4.78, 5) is 8.56. The maximum Gasteiger partial charge on any atom is 0.258 e. The molecule has 2 aromatic heterocycles. The Morgan fingerprint density at radius 2 is 2.04 bits per heavy atom. The normalized spacial score (nSPS) is 21.5. The number of aromatic nitrogens is 3. The van der Waals surface area contributed by atoms with Gasteiger partial charge in [-0.05, 0) is 43.7 Å². The molecule has 0 N–H and O–H groups in total. The number of hydrogen-bond acceptors (Lipinski definition) is 4. The molecule has 0 aromatic carbocycles. The molecule has 2 heterocycles. The lowest BCUT2D eigenvalue weighted by molar-refractivity contribution is 0.292. The summed E-state index contributed by atoms with van der Waals surface area (Å²) in [7, 11) is 0. The lowest BCUT2D eigenvalue weighted by atomic mass is 9.79. The van der Waals surface area contributed by atoms with Crippen LogP contribution in [0.25, 0.3) is 11.5 Å². The Bertz CT molecular complexity index is 620. The first-order valence-corrected chi connectivity index (χ1v) is 9.09. The second kappa shape index (κ2) is 7.91. The number of rotatable bonds is 6. The van der Waals surface area contributed by atoms with Gasteiger partial charge in [-0.2, -0.15) is 4.98 Å². The first-order valence-electron chi connectivity index (χ1n) is 8.71. The number of hydrogen-bond donors (Lipinski definition) is 0. The van der Waals surface area contributed by atoms with Crippen molar-refractivity contribution in [1.29, 1.82) is 0 Å². The van der Waals surface area contributed by atoms with Gasteiger partial charge in [0.1, 0.15) is 5.15 Å². The van der Waals surface area contributed by atoms with Crippen molar-refractivity contribution < 1.29 is 4.52 Å². The Hall–Kier alpha value is -1.42. The van der Waals surface area contributed by atoms with E-state index in [1.54, 1.807) is 12.3 Å². The largest absolute Gasteiger partial charge is 0.334 e. The van der Waals surface area contributed by atoms with Gasteiger partial charge in [0, 0.05) is 17.7 Å². The summed E-state index contributed by atoms with van der Waals surface area (Å²) in [5.41, 5.74) is 0.831. The molecule has 5 heteroatoms. The minimum atomic E-state index is 0.437. The van der Waals surface area contributed by atoms with E-state index >= 15 is 0 Å². The van der Waals surface area contributed by atoms with Crippen molar-refractivity contribution in [2.24, 2.45) is 5.92 Å². The number of unbranched alkanes of at least 4 members (excludes halogenated alkanes) is 2. The quantitative estimate of drug-likeness (QED) is 0.507. The van der Waals surface area contributed by atoms with E-state index in [4.69, 9.17) is 16.1 Å². The predicted molar refractivity (Wildman–Crippen MR) is 91.4 cm³/mol. The van der Waals surface area contributed by atoms with Gasteiger partial charge in [-0.25, -0.2) is 4.98 Å². The zero-order valence-electron chi connectivity index (χ0n) is 13.7. The van der Waals surface area contributed by atoms with Crippen LogP contribution in [0, 0.1) is 5.92 Å². The lowest BCUT2D eigenvalue weighted by Crippen LogP contribution is -2.14. The fourth-order valence-corrected chi connectivity index (χ4v) is 3.62. The van der Waals surface area contributed by atoms with Gasteiger partial charge >= 0.3 is 0 Å². The predicted octanol–water partition coefficient (Wildman–Crippen LogP) is 5.64. The van der Waals surface area contributed by atoms with Crippen molar-refractivity contribution in [2.75, 3.05) is 0 Å². The van der Waals surface area contributed by atoms with Crippen LogP contribution in [-0.2, 0) is 0 Å². The molecule has 0 spiro atoms. The third-order valence-corrected chi connectivity index (χ3v) is 5.05. The summed E-state index contributed by atoms with van der Waals surface area (Å²) in [6, 6.07) is 3.59. The van der Waals surface area contributed by atoms with Crippen LogP contribution in [0.4, 0.5) is 0 Å². The Kier molecular flexibility index (Phi) is 5.65. The zero-order chi connectivity index (χ0) is 16.1. The fourth-order valence-electron chi connectivity index (χ4n) is 3.45. The molecule has 0 radical (unpaired) electrons. The maximum absolute atomic E-state index is 5.92. The average molecular weight is 334 g/mol. The minimum Gasteiger partial charge on any atom is -0.334 e. The first kappa shape index (κ1) is 16.4. The SMILES string of the molecule is CCCCCC1CCC(c2noc(-c3ccnc(Cl)c3)n2)CC1. The third-order valence-electron chi connectivity index (χ3n) is 4.84. The lowest BCUT2D eigenvalue weighted by Gasteiger charge is -2.26. The molecule has 1 fully saturated rings. The van der Waals surface area contributed by atoms with Gasteiger partial charge in [0.15, 0.2) is 5.82 Å². The highest BCUT2D eigenvalue weighted by Crippen LogP contribution is 2.37. The highest BCUT2D eigenvalue weighted by molar-refractivity contribution is 6.29. The van der Waals surface area contributed by atoms with E-state index in [0.717, 1.165) is 17.3 Å². The van der Waals surface area contributed by atoms with Gasteiger partial charge in [-0.1, -0.05) is 49.4 Å². The van der Waals surface area contributed by atoms with Crippen molar-refractivity contribution in [1.82, 2.24) is 15.1 Å². The molecule has 0 amide bonds. The zero-order valence-corrected chi connectivity index (χ0v) is 14.4. The number of halogens is 1. The molecule has 3 rings (SSSR count). The number of pyridine rings is 1. The van der Waals surface area contributed by atoms with E-state index in [1.807, 2.05) is 6.07 Å². The van der Waals surface area contributed by atoms with Gasteiger partial charge < -0.3 is 4.52 Å². The molecule has 1 aliphatic carbocycles. The van der Waals surface area contributed by atoms with Crippen LogP contribution < -0.4 is 0 Å². The molecule has 1 saturated carbocycles. The maximum atomic E-state index is 5.92. The molecule has 0 saturated heterocycles. The highest BCUT2D eigenvalue weighted by atomic mass is 35.5. The van der Waals surface area contributed by atoms with Crippen LogP contribution in [0.3, 0.4) is 0 Å². The molecule has 2 aromatic rings. The van der Waals surface area contributed by atoms with Crippen LogP contribution >= 0.6 is 11.6 Å². The second-order valence-electron chi connectivity index (χ2n) is 6.54. The van der Waals surface area contributed by atoms with E-state index in [0.29, 0.717) is 17.0 Å². The van der Waals surface area contributed by atoms with E-state index in [1.165, 1.54) is 51.4 Å². The summed E-state index contributed by atoms with van der Waals surface area (Å²) in [5, 5.41) is 4.64. The first-order chi connectivity index (χ1) is 11.3. The molecular weight excluding hydrogens is 310 g/mol. The summed E-state index contributed by atoms with van der Waals surface area (Å²) in [6.45, 7) is 2.26. The van der Waals surface area contributed by atoms with Crippen molar-refractivity contribution in [3.8, 4) is 11.5 Å². The molecular formula is C18H24ClN3O. The highest BCUT2D eigenvalue weighted by Gasteiger charge is 2.25. The molecule has 0 atom stereocenters. The second-order valence-corrected chi connectivity index (χ2v) is 6.93. The molecule has 124 valence electrons. The van der Waals surface area contributed by atoms with Crippen LogP contribution in [0.15, 0.2) is 22.9 Å². The van der Waals surface area contributed by atoms with E-state index in [9.17, 15) is 0 Å². The van der Waals surface area contributed by atoms with Gasteiger partial charge in [-0.15, -0.1) is 0 Å². The van der Waals surface area contributed by atoms with Crippen LogP contribution in [-0.4, -0.2) is 15.1 Å². The summed E-state index contributed by atoms with van der Waals surface area (Å²) < 4.78 is 5.42. The summed E-state index contributed by atoms with van der Waals surface area (Å²) >= 11 is 5.92. The van der Waals surface area contributed by atoms with Crippen LogP contribution in [0.5, 0.6) is 0 Å². The number of nitrogens with zero attached hydrogens (tertiary/aromatic N) is 3. The van der Waals surface area contributed by atoms with E-state index in [2.05, 4.69) is 22.0 Å². The molecule has 1 aliphatic rings. The Balaban J connectivity index is 1.57. The fraction of sp³-hybridized carbons (Fsp3) is 0.611. The molecule has 0 aliphatic heterocycles. The Labute approximate surface area is 142 Å². The van der Waals surface area contributed by atoms with Crippen LogP contribution in [0.1, 0.15) is 70.0 Å². The van der Waals surface area contributed by atoms with Gasteiger partial charge in [0.2, 0.25) is 0 Å². The molecule has 0 unspecified atom stereocenters. The van der Waals surface area contributed by atoms with Crippen molar-refractivity contribution in [3.05, 3.63) is 29.3 Å². The smallest absolute Gasteiger partial charge is 0.258 e. The van der Waals surface area contributed by atoms with Gasteiger partial charge in [0.25, 0.3) is 5.89 Å². The topological polar surface area (TPSA) is 51.8 Å². The molecule has 4 nitrogen and oxygen atoms in total. The van der Waals surface area contributed by atoms with Crippen molar-refractivity contribution in [3.63, 3.8) is 0 Å². The van der Waals surface area contributed by atoms with Crippen molar-refractivity contribution in [2.45, 2.75) is 64.2 Å². The Morgan fingerprint density at radius 1 is 1.22 bits per heavy atom. The van der Waals surface area contributed by atoms with Crippen LogP contribution in [0.2, 0.25) is 5.15 Å². The standard InChI is InChI=1S/C18H24ClN3O/c1-2-3-4-5-13-6-8-14(9-7-13)17-21-18(23-22-17)15-10-11-20-16(19)12-15/h10-14H,2-9H2,1H3. The van der Waals surface area contributed by atoms with Gasteiger partial charge in [0.05, 0.1) is 0 Å². The van der Waals surface area contributed by atoms with E-state index < -0.39 is 0 Å². The minimum absolute atomic E-state index is 0.437. The summed E-state index contributed by atoms with van der Waals surface area (Å²) in [5.74, 6) is 2.71. The summed E-state index contributed by atoms with van der Waals surface area (Å²) in [6.07, 6.45) is 12.0.